The van der Waals surface area contributed by atoms with Gasteiger partial charge in [0.2, 0.25) is 0 Å². The van der Waals surface area contributed by atoms with E-state index in [1.807, 2.05) is 6.20 Å². The van der Waals surface area contributed by atoms with E-state index in [0.717, 1.165) is 26.3 Å². The molecule has 106 valence electrons. The van der Waals surface area contributed by atoms with Gasteiger partial charge in [-0.25, -0.2) is 0 Å². The molecule has 20 heavy (non-hydrogen) atoms. The van der Waals surface area contributed by atoms with Crippen LogP contribution >= 0.6 is 0 Å². The zero-order valence-corrected chi connectivity index (χ0v) is 12.1. The Bertz CT molecular complexity index is 591. The highest BCUT2D eigenvalue weighted by molar-refractivity contribution is 5.37. The number of hydrogen-bond donors (Lipinski definition) is 1. The molecular formula is C16H21N3O. The van der Waals surface area contributed by atoms with E-state index in [1.165, 1.54) is 22.4 Å². The monoisotopic (exact) mass is 271 g/mol. The van der Waals surface area contributed by atoms with Crippen molar-refractivity contribution in [2.24, 2.45) is 0 Å². The molecule has 0 aliphatic carbocycles. The molecule has 1 aromatic heterocycles. The summed E-state index contributed by atoms with van der Waals surface area (Å²) in [5.74, 6) is 0. The molecule has 4 nitrogen and oxygen atoms in total. The number of hydrogen-bond acceptors (Lipinski definition) is 3. The first-order chi connectivity index (χ1) is 9.83. The Balaban J connectivity index is 1.98. The van der Waals surface area contributed by atoms with Crippen molar-refractivity contribution >= 4 is 0 Å². The Morgan fingerprint density at radius 2 is 2.10 bits per heavy atom. The molecule has 0 saturated carbocycles. The lowest BCUT2D eigenvalue weighted by Gasteiger charge is -2.20. The van der Waals surface area contributed by atoms with E-state index in [-0.39, 0.29) is 6.04 Å². The molecule has 1 N–H and O–H groups in total. The van der Waals surface area contributed by atoms with Crippen molar-refractivity contribution in [3.63, 3.8) is 0 Å². The van der Waals surface area contributed by atoms with E-state index in [9.17, 15) is 0 Å². The summed E-state index contributed by atoms with van der Waals surface area (Å²) in [7, 11) is 0. The summed E-state index contributed by atoms with van der Waals surface area (Å²) in [5.41, 5.74) is 5.13. The highest BCUT2D eigenvalue weighted by atomic mass is 16.5. The van der Waals surface area contributed by atoms with Crippen molar-refractivity contribution < 1.29 is 4.74 Å². The van der Waals surface area contributed by atoms with Crippen LogP contribution in [0.3, 0.4) is 0 Å². The molecule has 1 aromatic carbocycles. The Labute approximate surface area is 119 Å². The maximum Gasteiger partial charge on any atom is 0.0748 e. The number of ether oxygens (including phenoxy) is 1. The SMILES string of the molecule is CCNC(c1ccc2c(c1)COC2)c1ccnn1CC. The molecule has 0 spiro atoms. The highest BCUT2D eigenvalue weighted by Crippen LogP contribution is 2.27. The molecule has 3 rings (SSSR count). The van der Waals surface area contributed by atoms with Gasteiger partial charge < -0.3 is 10.1 Å². The van der Waals surface area contributed by atoms with Crippen molar-refractivity contribution in [2.45, 2.75) is 39.6 Å². The average molecular weight is 271 g/mol. The van der Waals surface area contributed by atoms with Gasteiger partial charge >= 0.3 is 0 Å². The van der Waals surface area contributed by atoms with Crippen LogP contribution in [-0.2, 0) is 24.5 Å². The van der Waals surface area contributed by atoms with Gasteiger partial charge in [-0.15, -0.1) is 0 Å². The van der Waals surface area contributed by atoms with Gasteiger partial charge in [0, 0.05) is 12.7 Å². The Kier molecular flexibility index (Phi) is 3.85. The molecule has 0 saturated heterocycles. The number of nitrogens with zero attached hydrogens (tertiary/aromatic N) is 2. The zero-order valence-electron chi connectivity index (χ0n) is 12.1. The fourth-order valence-electron chi connectivity index (χ4n) is 2.82. The summed E-state index contributed by atoms with van der Waals surface area (Å²) in [6, 6.07) is 8.94. The second kappa shape index (κ2) is 5.77. The molecule has 4 heteroatoms. The van der Waals surface area contributed by atoms with E-state index >= 15 is 0 Å². The molecule has 1 aliphatic rings. The third-order valence-electron chi connectivity index (χ3n) is 3.83. The third-order valence-corrected chi connectivity index (χ3v) is 3.83. The Hall–Kier alpha value is -1.65. The topological polar surface area (TPSA) is 39.1 Å². The van der Waals surface area contributed by atoms with Gasteiger partial charge in [-0.1, -0.05) is 25.1 Å². The molecule has 1 aliphatic heterocycles. The minimum Gasteiger partial charge on any atom is -0.372 e. The lowest BCUT2D eigenvalue weighted by molar-refractivity contribution is 0.134. The maximum absolute atomic E-state index is 5.51. The first-order valence-electron chi connectivity index (χ1n) is 7.28. The number of fused-ring (bicyclic) bond motifs is 1. The predicted octanol–water partition coefficient (Wildman–Crippen LogP) is 2.63. The van der Waals surface area contributed by atoms with Crippen molar-refractivity contribution in [2.75, 3.05) is 6.54 Å². The van der Waals surface area contributed by atoms with Crippen LogP contribution in [0, 0.1) is 0 Å². The molecule has 1 atom stereocenters. The van der Waals surface area contributed by atoms with Crippen molar-refractivity contribution in [3.8, 4) is 0 Å². The van der Waals surface area contributed by atoms with Crippen LogP contribution in [0.5, 0.6) is 0 Å². The highest BCUT2D eigenvalue weighted by Gasteiger charge is 2.19. The summed E-state index contributed by atoms with van der Waals surface area (Å²) < 4.78 is 7.56. The summed E-state index contributed by atoms with van der Waals surface area (Å²) >= 11 is 0. The molecule has 1 unspecified atom stereocenters. The van der Waals surface area contributed by atoms with Crippen LogP contribution in [0.25, 0.3) is 0 Å². The van der Waals surface area contributed by atoms with Crippen LogP contribution in [0.2, 0.25) is 0 Å². The fraction of sp³-hybridized carbons (Fsp3) is 0.438. The van der Waals surface area contributed by atoms with E-state index in [0.29, 0.717) is 0 Å². The summed E-state index contributed by atoms with van der Waals surface area (Å²) in [6.07, 6.45) is 1.87. The maximum atomic E-state index is 5.51. The van der Waals surface area contributed by atoms with Crippen LogP contribution in [-0.4, -0.2) is 16.3 Å². The third kappa shape index (κ3) is 2.37. The quantitative estimate of drug-likeness (QED) is 0.908. The van der Waals surface area contributed by atoms with Gasteiger partial charge in [0.15, 0.2) is 0 Å². The van der Waals surface area contributed by atoms with Crippen molar-refractivity contribution in [3.05, 3.63) is 52.8 Å². The normalized spacial score (nSPS) is 15.3. The van der Waals surface area contributed by atoms with Crippen LogP contribution < -0.4 is 5.32 Å². The number of aryl methyl sites for hydroxylation is 1. The van der Waals surface area contributed by atoms with Crippen LogP contribution in [0.15, 0.2) is 30.5 Å². The average Bonchev–Trinajstić information content (AvgIpc) is 3.12. The number of benzene rings is 1. The minimum atomic E-state index is 0.188. The van der Waals surface area contributed by atoms with Gasteiger partial charge in [-0.2, -0.15) is 5.10 Å². The zero-order chi connectivity index (χ0) is 13.9. The van der Waals surface area contributed by atoms with Crippen LogP contribution in [0.1, 0.15) is 42.3 Å². The Morgan fingerprint density at radius 1 is 1.25 bits per heavy atom. The van der Waals surface area contributed by atoms with E-state index in [4.69, 9.17) is 4.74 Å². The van der Waals surface area contributed by atoms with Gasteiger partial charge in [0.1, 0.15) is 0 Å². The minimum absolute atomic E-state index is 0.188. The molecular weight excluding hydrogens is 250 g/mol. The van der Waals surface area contributed by atoms with Crippen LogP contribution in [0.4, 0.5) is 0 Å². The first-order valence-corrected chi connectivity index (χ1v) is 7.28. The lowest BCUT2D eigenvalue weighted by atomic mass is 9.99. The summed E-state index contributed by atoms with van der Waals surface area (Å²) in [4.78, 5) is 0. The summed E-state index contributed by atoms with van der Waals surface area (Å²) in [5, 5.41) is 7.95. The molecule has 2 heterocycles. The number of aromatic nitrogens is 2. The Morgan fingerprint density at radius 3 is 2.90 bits per heavy atom. The molecule has 0 fully saturated rings. The first kappa shape index (κ1) is 13.3. The second-order valence-corrected chi connectivity index (χ2v) is 5.08. The lowest BCUT2D eigenvalue weighted by Crippen LogP contribution is -2.25. The number of rotatable bonds is 5. The molecule has 2 aromatic rings. The fourth-order valence-corrected chi connectivity index (χ4v) is 2.82. The van der Waals surface area contributed by atoms with Gasteiger partial charge in [-0.05, 0) is 36.2 Å². The smallest absolute Gasteiger partial charge is 0.0748 e. The molecule has 0 bridgehead atoms. The van der Waals surface area contributed by atoms with Crippen molar-refractivity contribution in [1.82, 2.24) is 15.1 Å². The van der Waals surface area contributed by atoms with Gasteiger partial charge in [0.05, 0.1) is 24.9 Å². The van der Waals surface area contributed by atoms with E-state index in [2.05, 4.69) is 53.2 Å². The standard InChI is InChI=1S/C16H21N3O/c1-3-17-16(15-7-8-18-19(15)4-2)12-5-6-13-10-20-11-14(13)9-12/h5-9,16-17H,3-4,10-11H2,1-2H3. The number of nitrogens with one attached hydrogen (secondary N) is 1. The molecule has 0 radical (unpaired) electrons. The second-order valence-electron chi connectivity index (χ2n) is 5.08. The van der Waals surface area contributed by atoms with E-state index < -0.39 is 0 Å². The van der Waals surface area contributed by atoms with E-state index in [1.54, 1.807) is 0 Å². The van der Waals surface area contributed by atoms with Gasteiger partial charge in [0.25, 0.3) is 0 Å². The van der Waals surface area contributed by atoms with Crippen molar-refractivity contribution in [1.29, 1.82) is 0 Å². The summed E-state index contributed by atoms with van der Waals surface area (Å²) in [6.45, 7) is 7.54. The molecule has 0 amide bonds. The largest absolute Gasteiger partial charge is 0.372 e. The predicted molar refractivity (Wildman–Crippen MR) is 78.4 cm³/mol. The van der Waals surface area contributed by atoms with Gasteiger partial charge in [-0.3, -0.25) is 4.68 Å².